The molecule has 7 heteroatoms. The average Bonchev–Trinajstić information content (AvgIpc) is 2.45. The van der Waals surface area contributed by atoms with Crippen molar-refractivity contribution in [1.29, 1.82) is 0 Å². The SMILES string of the molecule is CNC(C)CNC(=O)CCNS(=O)(=O)c1ccc(C)cc1. The van der Waals surface area contributed by atoms with Gasteiger partial charge >= 0.3 is 0 Å². The van der Waals surface area contributed by atoms with Crippen LogP contribution in [-0.4, -0.2) is 40.5 Å². The van der Waals surface area contributed by atoms with Gasteiger partial charge in [-0.05, 0) is 33.0 Å². The summed E-state index contributed by atoms with van der Waals surface area (Å²) in [5.74, 6) is -0.177. The van der Waals surface area contributed by atoms with E-state index in [9.17, 15) is 13.2 Å². The molecule has 1 aromatic carbocycles. The molecule has 0 radical (unpaired) electrons. The molecule has 1 amide bonds. The van der Waals surface area contributed by atoms with Gasteiger partial charge in [0.1, 0.15) is 0 Å². The van der Waals surface area contributed by atoms with Crippen molar-refractivity contribution in [1.82, 2.24) is 15.4 Å². The van der Waals surface area contributed by atoms with Crippen LogP contribution in [0.4, 0.5) is 0 Å². The Morgan fingerprint density at radius 3 is 2.43 bits per heavy atom. The van der Waals surface area contributed by atoms with Gasteiger partial charge in [0, 0.05) is 25.6 Å². The number of nitrogens with one attached hydrogen (secondary N) is 3. The number of carbonyl (C=O) groups excluding carboxylic acids is 1. The van der Waals surface area contributed by atoms with Crippen molar-refractivity contribution in [2.45, 2.75) is 31.2 Å². The Kier molecular flexibility index (Phi) is 6.80. The minimum absolute atomic E-state index is 0.0793. The first-order chi connectivity index (χ1) is 9.85. The van der Waals surface area contributed by atoms with E-state index in [-0.39, 0.29) is 29.8 Å². The van der Waals surface area contributed by atoms with E-state index in [4.69, 9.17) is 0 Å². The smallest absolute Gasteiger partial charge is 0.240 e. The Bertz CT molecular complexity index is 555. The third-order valence-corrected chi connectivity index (χ3v) is 4.55. The molecule has 1 unspecified atom stereocenters. The second-order valence-electron chi connectivity index (χ2n) is 4.95. The zero-order valence-corrected chi connectivity index (χ0v) is 13.5. The van der Waals surface area contributed by atoms with Gasteiger partial charge in [-0.1, -0.05) is 17.7 Å². The summed E-state index contributed by atoms with van der Waals surface area (Å²) in [6, 6.07) is 6.75. The fraction of sp³-hybridized carbons (Fsp3) is 0.500. The van der Waals surface area contributed by atoms with E-state index < -0.39 is 10.0 Å². The number of hydrogen-bond donors (Lipinski definition) is 3. The van der Waals surface area contributed by atoms with Crippen LogP contribution in [0.2, 0.25) is 0 Å². The zero-order valence-electron chi connectivity index (χ0n) is 12.6. The number of rotatable bonds is 8. The van der Waals surface area contributed by atoms with E-state index in [0.29, 0.717) is 6.54 Å². The van der Waals surface area contributed by atoms with Gasteiger partial charge in [-0.25, -0.2) is 13.1 Å². The molecule has 0 aromatic heterocycles. The van der Waals surface area contributed by atoms with E-state index in [1.54, 1.807) is 24.3 Å². The molecule has 0 fully saturated rings. The molecule has 118 valence electrons. The molecule has 0 aliphatic carbocycles. The molecule has 1 atom stereocenters. The van der Waals surface area contributed by atoms with Gasteiger partial charge in [0.05, 0.1) is 4.90 Å². The molecule has 1 rings (SSSR count). The van der Waals surface area contributed by atoms with Gasteiger partial charge in [0.25, 0.3) is 0 Å². The fourth-order valence-electron chi connectivity index (χ4n) is 1.56. The van der Waals surface area contributed by atoms with Gasteiger partial charge in [-0.3, -0.25) is 4.79 Å². The molecular weight excluding hydrogens is 290 g/mol. The van der Waals surface area contributed by atoms with Gasteiger partial charge in [0.15, 0.2) is 0 Å². The topological polar surface area (TPSA) is 87.3 Å². The van der Waals surface area contributed by atoms with Crippen molar-refractivity contribution in [3.8, 4) is 0 Å². The second kappa shape index (κ2) is 8.11. The molecule has 0 heterocycles. The third-order valence-electron chi connectivity index (χ3n) is 3.07. The fourth-order valence-corrected chi connectivity index (χ4v) is 2.59. The number of hydrogen-bond acceptors (Lipinski definition) is 4. The number of amides is 1. The highest BCUT2D eigenvalue weighted by Crippen LogP contribution is 2.09. The molecule has 0 saturated carbocycles. The Balaban J connectivity index is 2.40. The molecule has 1 aromatic rings. The summed E-state index contributed by atoms with van der Waals surface area (Å²) < 4.78 is 26.4. The highest BCUT2D eigenvalue weighted by molar-refractivity contribution is 7.89. The summed E-state index contributed by atoms with van der Waals surface area (Å²) in [5.41, 5.74) is 0.993. The summed E-state index contributed by atoms with van der Waals surface area (Å²) in [6.07, 6.45) is 0.113. The molecule has 0 bridgehead atoms. The van der Waals surface area contributed by atoms with E-state index in [0.717, 1.165) is 5.56 Å². The molecule has 6 nitrogen and oxygen atoms in total. The highest BCUT2D eigenvalue weighted by atomic mass is 32.2. The third kappa shape index (κ3) is 6.24. The van der Waals surface area contributed by atoms with Crippen LogP contribution in [0.15, 0.2) is 29.2 Å². The number of aryl methyl sites for hydroxylation is 1. The summed E-state index contributed by atoms with van der Waals surface area (Å²) in [6.45, 7) is 4.43. The Labute approximate surface area is 126 Å². The zero-order chi connectivity index (χ0) is 15.9. The van der Waals surface area contributed by atoms with Crippen LogP contribution in [0, 0.1) is 6.92 Å². The lowest BCUT2D eigenvalue weighted by atomic mass is 10.2. The van der Waals surface area contributed by atoms with Crippen molar-refractivity contribution in [3.05, 3.63) is 29.8 Å². The monoisotopic (exact) mass is 313 g/mol. The summed E-state index contributed by atoms with van der Waals surface area (Å²) >= 11 is 0. The van der Waals surface area contributed by atoms with Crippen LogP contribution >= 0.6 is 0 Å². The van der Waals surface area contributed by atoms with Crippen LogP contribution in [0.1, 0.15) is 18.9 Å². The van der Waals surface area contributed by atoms with Crippen molar-refractivity contribution < 1.29 is 13.2 Å². The molecule has 3 N–H and O–H groups in total. The highest BCUT2D eigenvalue weighted by Gasteiger charge is 2.13. The number of carbonyl (C=O) groups is 1. The lowest BCUT2D eigenvalue weighted by Crippen LogP contribution is -2.38. The molecule has 21 heavy (non-hydrogen) atoms. The largest absolute Gasteiger partial charge is 0.355 e. The molecule has 0 aliphatic rings. The minimum atomic E-state index is -3.55. The van der Waals surface area contributed by atoms with Crippen LogP contribution in [0.5, 0.6) is 0 Å². The van der Waals surface area contributed by atoms with Crippen LogP contribution in [0.25, 0.3) is 0 Å². The number of benzene rings is 1. The van der Waals surface area contributed by atoms with E-state index in [1.807, 2.05) is 20.9 Å². The molecule has 0 aliphatic heterocycles. The maximum atomic E-state index is 12.0. The molecular formula is C14H23N3O3S. The minimum Gasteiger partial charge on any atom is -0.355 e. The normalized spacial score (nSPS) is 12.9. The lowest BCUT2D eigenvalue weighted by Gasteiger charge is -2.11. The predicted molar refractivity (Wildman–Crippen MR) is 82.5 cm³/mol. The molecule has 0 spiro atoms. The summed E-state index contributed by atoms with van der Waals surface area (Å²) in [5, 5.41) is 5.73. The summed E-state index contributed by atoms with van der Waals surface area (Å²) in [7, 11) is -1.74. The maximum absolute atomic E-state index is 12.0. The summed E-state index contributed by atoms with van der Waals surface area (Å²) in [4.78, 5) is 11.8. The van der Waals surface area contributed by atoms with E-state index in [2.05, 4.69) is 15.4 Å². The average molecular weight is 313 g/mol. The second-order valence-corrected chi connectivity index (χ2v) is 6.72. The quantitative estimate of drug-likeness (QED) is 0.648. The number of likely N-dealkylation sites (N-methyl/N-ethyl adjacent to an activating group) is 1. The Morgan fingerprint density at radius 1 is 1.24 bits per heavy atom. The van der Waals surface area contributed by atoms with Crippen LogP contribution < -0.4 is 15.4 Å². The van der Waals surface area contributed by atoms with Gasteiger partial charge in [0.2, 0.25) is 15.9 Å². The van der Waals surface area contributed by atoms with E-state index >= 15 is 0 Å². The standard InChI is InChI=1S/C14H23N3O3S/c1-11-4-6-13(7-5-11)21(19,20)17-9-8-14(18)16-10-12(2)15-3/h4-7,12,15,17H,8-10H2,1-3H3,(H,16,18). The van der Waals surface area contributed by atoms with Crippen molar-refractivity contribution in [3.63, 3.8) is 0 Å². The van der Waals surface area contributed by atoms with Gasteiger partial charge in [-0.2, -0.15) is 0 Å². The Hall–Kier alpha value is -1.44. The Morgan fingerprint density at radius 2 is 1.86 bits per heavy atom. The first kappa shape index (κ1) is 17.6. The van der Waals surface area contributed by atoms with Crippen molar-refractivity contribution >= 4 is 15.9 Å². The first-order valence-corrected chi connectivity index (χ1v) is 8.34. The van der Waals surface area contributed by atoms with Crippen molar-refractivity contribution in [2.75, 3.05) is 20.1 Å². The van der Waals surface area contributed by atoms with Crippen LogP contribution in [0.3, 0.4) is 0 Å². The number of sulfonamides is 1. The first-order valence-electron chi connectivity index (χ1n) is 6.85. The maximum Gasteiger partial charge on any atom is 0.240 e. The van der Waals surface area contributed by atoms with Gasteiger partial charge < -0.3 is 10.6 Å². The van der Waals surface area contributed by atoms with Crippen LogP contribution in [-0.2, 0) is 14.8 Å². The molecule has 0 saturated heterocycles. The lowest BCUT2D eigenvalue weighted by molar-refractivity contribution is -0.121. The van der Waals surface area contributed by atoms with E-state index in [1.165, 1.54) is 0 Å². The van der Waals surface area contributed by atoms with Crippen molar-refractivity contribution in [2.24, 2.45) is 0 Å². The van der Waals surface area contributed by atoms with Gasteiger partial charge in [-0.15, -0.1) is 0 Å². The predicted octanol–water partition coefficient (Wildman–Crippen LogP) is 0.388.